The summed E-state index contributed by atoms with van der Waals surface area (Å²) >= 11 is 1.13. The maximum atomic E-state index is 13.2. The molecule has 1 amide bonds. The fourth-order valence-corrected chi connectivity index (χ4v) is 3.72. The van der Waals surface area contributed by atoms with E-state index in [0.29, 0.717) is 22.5 Å². The SMILES string of the molecule is Cc1cc(NC(=O)C(=O)c2cc(Cc3ccc(F)cc3)n3ccccc23)sn1. The fourth-order valence-electron chi connectivity index (χ4n) is 3.07. The number of nitrogens with one attached hydrogen (secondary N) is 1. The molecule has 0 saturated carbocycles. The van der Waals surface area contributed by atoms with E-state index < -0.39 is 11.7 Å². The molecule has 0 aliphatic carbocycles. The first-order chi connectivity index (χ1) is 13.5. The summed E-state index contributed by atoms with van der Waals surface area (Å²) in [5.74, 6) is -1.61. The van der Waals surface area contributed by atoms with Crippen LogP contribution in [0.5, 0.6) is 0 Å². The minimum Gasteiger partial charge on any atom is -0.320 e. The summed E-state index contributed by atoms with van der Waals surface area (Å²) in [6.07, 6.45) is 2.35. The number of rotatable bonds is 5. The highest BCUT2D eigenvalue weighted by Gasteiger charge is 2.22. The van der Waals surface area contributed by atoms with Crippen molar-refractivity contribution in [3.8, 4) is 0 Å². The number of benzene rings is 1. The number of Topliss-reactive ketones (excluding diaryl/α,β-unsaturated/α-hetero) is 1. The Morgan fingerprint density at radius 3 is 2.64 bits per heavy atom. The lowest BCUT2D eigenvalue weighted by atomic mass is 10.1. The lowest BCUT2D eigenvalue weighted by Crippen LogP contribution is -2.22. The van der Waals surface area contributed by atoms with Crippen LogP contribution in [0.1, 0.15) is 27.3 Å². The molecule has 3 heterocycles. The second-order valence-corrected chi connectivity index (χ2v) is 7.23. The zero-order chi connectivity index (χ0) is 19.7. The number of halogens is 1. The van der Waals surface area contributed by atoms with Crippen LogP contribution in [0, 0.1) is 12.7 Å². The number of aromatic nitrogens is 2. The van der Waals surface area contributed by atoms with Gasteiger partial charge in [-0.25, -0.2) is 4.39 Å². The number of aryl methyl sites for hydroxylation is 1. The van der Waals surface area contributed by atoms with Crippen molar-refractivity contribution >= 4 is 33.7 Å². The minimum absolute atomic E-state index is 0.297. The highest BCUT2D eigenvalue weighted by Crippen LogP contribution is 2.22. The quantitative estimate of drug-likeness (QED) is 0.407. The van der Waals surface area contributed by atoms with Crippen molar-refractivity contribution < 1.29 is 14.0 Å². The van der Waals surface area contributed by atoms with Crippen LogP contribution in [-0.2, 0) is 11.2 Å². The Bertz CT molecular complexity index is 1180. The molecule has 0 spiro atoms. The molecule has 4 aromatic rings. The van der Waals surface area contributed by atoms with Gasteiger partial charge in [0.1, 0.15) is 10.8 Å². The predicted octanol–water partition coefficient (Wildman–Crippen LogP) is 4.26. The number of carbonyl (C=O) groups is 2. The van der Waals surface area contributed by atoms with Crippen molar-refractivity contribution in [2.75, 3.05) is 5.32 Å². The molecule has 1 N–H and O–H groups in total. The molecule has 3 aromatic heterocycles. The second kappa shape index (κ2) is 7.36. The van der Waals surface area contributed by atoms with E-state index in [2.05, 4.69) is 9.69 Å². The van der Waals surface area contributed by atoms with Crippen LogP contribution in [0.2, 0.25) is 0 Å². The third-order valence-corrected chi connectivity index (χ3v) is 5.17. The highest BCUT2D eigenvalue weighted by molar-refractivity contribution is 7.10. The summed E-state index contributed by atoms with van der Waals surface area (Å²) in [5.41, 5.74) is 3.51. The molecule has 4 rings (SSSR count). The first-order valence-corrected chi connectivity index (χ1v) is 9.41. The molecule has 0 bridgehead atoms. The van der Waals surface area contributed by atoms with Crippen LogP contribution >= 0.6 is 11.5 Å². The van der Waals surface area contributed by atoms with Crippen molar-refractivity contribution in [1.29, 1.82) is 0 Å². The van der Waals surface area contributed by atoms with Crippen LogP contribution in [0.25, 0.3) is 5.52 Å². The number of hydrogen-bond acceptors (Lipinski definition) is 4. The van der Waals surface area contributed by atoms with Gasteiger partial charge in [0.25, 0.3) is 11.7 Å². The van der Waals surface area contributed by atoms with Gasteiger partial charge in [0.15, 0.2) is 0 Å². The van der Waals surface area contributed by atoms with Gasteiger partial charge in [0.2, 0.25) is 0 Å². The van der Waals surface area contributed by atoms with E-state index in [1.807, 2.05) is 29.7 Å². The topological polar surface area (TPSA) is 63.5 Å². The summed E-state index contributed by atoms with van der Waals surface area (Å²) in [6, 6.07) is 15.1. The molecule has 0 radical (unpaired) electrons. The fraction of sp³-hybridized carbons (Fsp3) is 0.0952. The van der Waals surface area contributed by atoms with Gasteiger partial charge in [0, 0.05) is 18.3 Å². The van der Waals surface area contributed by atoms with Gasteiger partial charge < -0.3 is 9.72 Å². The van der Waals surface area contributed by atoms with Gasteiger partial charge in [-0.2, -0.15) is 4.37 Å². The van der Waals surface area contributed by atoms with Crippen molar-refractivity contribution in [2.24, 2.45) is 0 Å². The normalized spacial score (nSPS) is 10.9. The summed E-state index contributed by atoms with van der Waals surface area (Å²) < 4.78 is 19.1. The molecule has 0 fully saturated rings. The molecule has 0 aliphatic rings. The Balaban J connectivity index is 1.66. The summed E-state index contributed by atoms with van der Waals surface area (Å²) in [7, 11) is 0. The molecule has 28 heavy (non-hydrogen) atoms. The number of hydrogen-bond donors (Lipinski definition) is 1. The van der Waals surface area contributed by atoms with E-state index in [0.717, 1.165) is 28.5 Å². The Hall–Kier alpha value is -3.32. The predicted molar refractivity (Wildman–Crippen MR) is 106 cm³/mol. The monoisotopic (exact) mass is 393 g/mol. The van der Waals surface area contributed by atoms with Gasteiger partial charge in [-0.3, -0.25) is 9.59 Å². The lowest BCUT2D eigenvalue weighted by molar-refractivity contribution is -0.112. The minimum atomic E-state index is -0.701. The van der Waals surface area contributed by atoms with E-state index >= 15 is 0 Å². The Morgan fingerprint density at radius 2 is 1.93 bits per heavy atom. The first-order valence-electron chi connectivity index (χ1n) is 8.63. The number of nitrogens with zero attached hydrogens (tertiary/aromatic N) is 2. The number of ketones is 1. The second-order valence-electron chi connectivity index (χ2n) is 6.42. The van der Waals surface area contributed by atoms with Crippen molar-refractivity contribution in [3.63, 3.8) is 0 Å². The molecular weight excluding hydrogens is 377 g/mol. The standard InChI is InChI=1S/C21H16FN3O2S/c1-13-10-19(28-24-13)23-21(27)20(26)17-12-16(25-9-3-2-4-18(17)25)11-14-5-7-15(22)8-6-14/h2-10,12H,11H2,1H3,(H,23,27). The molecule has 0 saturated heterocycles. The molecule has 1 aromatic carbocycles. The average molecular weight is 393 g/mol. The molecule has 0 unspecified atom stereocenters. The van der Waals surface area contributed by atoms with Crippen molar-refractivity contribution in [1.82, 2.24) is 8.77 Å². The number of fused-ring (bicyclic) bond motifs is 1. The Labute approximate surface area is 164 Å². The first kappa shape index (κ1) is 18.1. The smallest absolute Gasteiger partial charge is 0.297 e. The van der Waals surface area contributed by atoms with E-state index in [-0.39, 0.29) is 5.82 Å². The molecule has 0 aliphatic heterocycles. The molecule has 7 heteroatoms. The van der Waals surface area contributed by atoms with E-state index in [1.165, 1.54) is 12.1 Å². The van der Waals surface area contributed by atoms with Crippen LogP contribution in [0.3, 0.4) is 0 Å². The van der Waals surface area contributed by atoms with E-state index in [1.54, 1.807) is 30.3 Å². The number of amides is 1. The van der Waals surface area contributed by atoms with Crippen LogP contribution in [0.4, 0.5) is 9.39 Å². The number of pyridine rings is 1. The number of carbonyl (C=O) groups excluding carboxylic acids is 2. The van der Waals surface area contributed by atoms with Gasteiger partial charge in [-0.05, 0) is 60.4 Å². The highest BCUT2D eigenvalue weighted by atomic mass is 32.1. The molecule has 0 atom stereocenters. The van der Waals surface area contributed by atoms with Gasteiger partial charge in [-0.1, -0.05) is 18.2 Å². The summed E-state index contributed by atoms with van der Waals surface area (Å²) in [5, 5.41) is 3.14. The Kier molecular flexibility index (Phi) is 4.75. The van der Waals surface area contributed by atoms with Crippen LogP contribution in [0.15, 0.2) is 60.8 Å². The van der Waals surface area contributed by atoms with Crippen molar-refractivity contribution in [3.05, 3.63) is 89.1 Å². The Morgan fingerprint density at radius 1 is 1.14 bits per heavy atom. The number of anilines is 1. The molecular formula is C21H16FN3O2S. The largest absolute Gasteiger partial charge is 0.320 e. The zero-order valence-electron chi connectivity index (χ0n) is 15.0. The third-order valence-electron chi connectivity index (χ3n) is 4.37. The molecule has 140 valence electrons. The summed E-state index contributed by atoms with van der Waals surface area (Å²) in [4.78, 5) is 25.2. The maximum absolute atomic E-state index is 13.2. The van der Waals surface area contributed by atoms with Gasteiger partial charge >= 0.3 is 0 Å². The van der Waals surface area contributed by atoms with Gasteiger partial charge in [-0.15, -0.1) is 0 Å². The van der Waals surface area contributed by atoms with E-state index in [9.17, 15) is 14.0 Å². The lowest BCUT2D eigenvalue weighted by Gasteiger charge is -2.03. The van der Waals surface area contributed by atoms with Crippen LogP contribution < -0.4 is 5.32 Å². The van der Waals surface area contributed by atoms with Crippen molar-refractivity contribution in [2.45, 2.75) is 13.3 Å². The summed E-state index contributed by atoms with van der Waals surface area (Å²) in [6.45, 7) is 1.82. The van der Waals surface area contributed by atoms with Crippen LogP contribution in [-0.4, -0.2) is 20.5 Å². The molecule has 5 nitrogen and oxygen atoms in total. The maximum Gasteiger partial charge on any atom is 0.297 e. The van der Waals surface area contributed by atoms with E-state index in [4.69, 9.17) is 0 Å². The zero-order valence-corrected chi connectivity index (χ0v) is 15.8. The van der Waals surface area contributed by atoms with Gasteiger partial charge in [0.05, 0.1) is 16.8 Å². The third kappa shape index (κ3) is 3.57. The average Bonchev–Trinajstić information content (AvgIpc) is 3.27.